The Labute approximate surface area is 108 Å². The molecule has 102 valence electrons. The Morgan fingerprint density at radius 2 is 2.11 bits per heavy atom. The van der Waals surface area contributed by atoms with E-state index in [1.807, 2.05) is 0 Å². The molecule has 1 aliphatic rings. The van der Waals surface area contributed by atoms with Crippen molar-refractivity contribution in [1.82, 2.24) is 4.90 Å². The number of carbonyl (C=O) groups is 1. The van der Waals surface area contributed by atoms with Gasteiger partial charge in [-0.1, -0.05) is 0 Å². The predicted molar refractivity (Wildman–Crippen MR) is 62.7 cm³/mol. The van der Waals surface area contributed by atoms with E-state index in [2.05, 4.69) is 0 Å². The number of carbonyl (C=O) groups excluding carboxylic acids is 1. The number of amides is 1. The van der Waals surface area contributed by atoms with Gasteiger partial charge in [-0.15, -0.1) is 0 Å². The first kappa shape index (κ1) is 13.4. The van der Waals surface area contributed by atoms with Gasteiger partial charge in [0.1, 0.15) is 5.82 Å². The maximum absolute atomic E-state index is 13.8. The fraction of sp³-hybridized carbons (Fsp3) is 0.417. The first-order valence-corrected chi connectivity index (χ1v) is 5.79. The van der Waals surface area contributed by atoms with Crippen LogP contribution in [0.4, 0.5) is 14.5 Å². The van der Waals surface area contributed by atoms with Gasteiger partial charge in [0, 0.05) is 13.6 Å². The quantitative estimate of drug-likeness (QED) is 0.623. The van der Waals surface area contributed by atoms with Crippen molar-refractivity contribution in [2.45, 2.75) is 12.8 Å². The van der Waals surface area contributed by atoms with E-state index in [0.717, 1.165) is 12.8 Å². The maximum Gasteiger partial charge on any atom is 0.308 e. The molecule has 1 saturated carbocycles. The Bertz CT molecular complexity index is 544. The highest BCUT2D eigenvalue weighted by molar-refractivity contribution is 5.95. The zero-order valence-corrected chi connectivity index (χ0v) is 10.2. The fourth-order valence-electron chi connectivity index (χ4n) is 1.84. The van der Waals surface area contributed by atoms with E-state index in [1.165, 1.54) is 11.9 Å². The fourth-order valence-corrected chi connectivity index (χ4v) is 1.84. The summed E-state index contributed by atoms with van der Waals surface area (Å²) in [6.45, 7) is 0.447. The van der Waals surface area contributed by atoms with Crippen LogP contribution in [0.3, 0.4) is 0 Å². The molecule has 0 aromatic heterocycles. The van der Waals surface area contributed by atoms with Gasteiger partial charge < -0.3 is 4.90 Å². The monoisotopic (exact) mass is 270 g/mol. The molecule has 1 amide bonds. The molecule has 7 heteroatoms. The largest absolute Gasteiger partial charge is 0.341 e. The van der Waals surface area contributed by atoms with Crippen molar-refractivity contribution in [2.75, 3.05) is 13.6 Å². The number of halogens is 2. The van der Waals surface area contributed by atoms with Crippen LogP contribution in [0.25, 0.3) is 0 Å². The zero-order chi connectivity index (χ0) is 14.2. The molecule has 1 aromatic carbocycles. The van der Waals surface area contributed by atoms with E-state index < -0.39 is 33.7 Å². The molecule has 0 radical (unpaired) electrons. The van der Waals surface area contributed by atoms with Crippen molar-refractivity contribution in [3.63, 3.8) is 0 Å². The molecule has 0 N–H and O–H groups in total. The molecule has 0 unspecified atom stereocenters. The number of hydrogen-bond acceptors (Lipinski definition) is 3. The van der Waals surface area contributed by atoms with E-state index >= 15 is 0 Å². The molecule has 0 heterocycles. The van der Waals surface area contributed by atoms with E-state index in [9.17, 15) is 23.7 Å². The minimum Gasteiger partial charge on any atom is -0.341 e. The third-order valence-electron chi connectivity index (χ3n) is 3.02. The lowest BCUT2D eigenvalue weighted by atomic mass is 10.1. The summed E-state index contributed by atoms with van der Waals surface area (Å²) in [5, 5.41) is 10.6. The van der Waals surface area contributed by atoms with Gasteiger partial charge in [0.25, 0.3) is 5.91 Å². The second-order valence-electron chi connectivity index (χ2n) is 4.67. The summed E-state index contributed by atoms with van der Waals surface area (Å²) in [6, 6.07) is 1.15. The molecular weight excluding hydrogens is 258 g/mol. The lowest BCUT2D eigenvalue weighted by Crippen LogP contribution is -2.29. The topological polar surface area (TPSA) is 63.5 Å². The first-order chi connectivity index (χ1) is 8.90. The van der Waals surface area contributed by atoms with Gasteiger partial charge in [0.2, 0.25) is 5.82 Å². The second kappa shape index (κ2) is 4.91. The van der Waals surface area contributed by atoms with Gasteiger partial charge in [0.05, 0.1) is 16.6 Å². The number of nitro benzene ring substituents is 1. The predicted octanol–water partition coefficient (Wildman–Crippen LogP) is 2.36. The highest BCUT2D eigenvalue weighted by atomic mass is 19.1. The molecule has 5 nitrogen and oxygen atoms in total. The Morgan fingerprint density at radius 3 is 2.63 bits per heavy atom. The molecule has 0 bridgehead atoms. The molecule has 1 aromatic rings. The summed E-state index contributed by atoms with van der Waals surface area (Å²) in [4.78, 5) is 22.8. The lowest BCUT2D eigenvalue weighted by Gasteiger charge is -2.17. The van der Waals surface area contributed by atoms with Crippen LogP contribution in [0, 0.1) is 27.7 Å². The zero-order valence-electron chi connectivity index (χ0n) is 10.2. The lowest BCUT2D eigenvalue weighted by molar-refractivity contribution is -0.387. The third kappa shape index (κ3) is 2.86. The average molecular weight is 270 g/mol. The van der Waals surface area contributed by atoms with Gasteiger partial charge in [-0.2, -0.15) is 4.39 Å². The van der Waals surface area contributed by atoms with Gasteiger partial charge in [-0.3, -0.25) is 14.9 Å². The molecule has 1 fully saturated rings. The van der Waals surface area contributed by atoms with Crippen molar-refractivity contribution in [3.05, 3.63) is 39.4 Å². The van der Waals surface area contributed by atoms with Crippen LogP contribution in [0.2, 0.25) is 0 Å². The van der Waals surface area contributed by atoms with Crippen molar-refractivity contribution in [1.29, 1.82) is 0 Å². The van der Waals surface area contributed by atoms with Gasteiger partial charge >= 0.3 is 5.69 Å². The van der Waals surface area contributed by atoms with Crippen LogP contribution in [0.1, 0.15) is 23.2 Å². The van der Waals surface area contributed by atoms with Gasteiger partial charge in [0.15, 0.2) is 0 Å². The molecule has 0 spiro atoms. The van der Waals surface area contributed by atoms with Crippen LogP contribution in [0.15, 0.2) is 12.1 Å². The number of benzene rings is 1. The van der Waals surface area contributed by atoms with Gasteiger partial charge in [-0.25, -0.2) is 4.39 Å². The Hall–Kier alpha value is -2.05. The first-order valence-electron chi connectivity index (χ1n) is 5.79. The molecule has 2 rings (SSSR count). The highest BCUT2D eigenvalue weighted by Crippen LogP contribution is 2.30. The van der Waals surface area contributed by atoms with Crippen molar-refractivity contribution in [3.8, 4) is 0 Å². The van der Waals surface area contributed by atoms with Crippen LogP contribution in [-0.4, -0.2) is 29.3 Å². The molecule has 19 heavy (non-hydrogen) atoms. The standard InChI is InChI=1S/C12H12F2N2O3/c1-15(6-7-2-3-7)12(17)9-4-8(13)5-10(11(9)14)16(18)19/h4-5,7H,2-3,6H2,1H3. The molecular formula is C12H12F2N2O3. The van der Waals surface area contributed by atoms with Crippen molar-refractivity contribution >= 4 is 11.6 Å². The summed E-state index contributed by atoms with van der Waals surface area (Å²) in [6.07, 6.45) is 2.01. The van der Waals surface area contributed by atoms with E-state index in [-0.39, 0.29) is 0 Å². The average Bonchev–Trinajstić information content (AvgIpc) is 3.14. The third-order valence-corrected chi connectivity index (χ3v) is 3.02. The number of nitrogens with zero attached hydrogens (tertiary/aromatic N) is 2. The molecule has 0 saturated heterocycles. The van der Waals surface area contributed by atoms with E-state index in [0.29, 0.717) is 24.6 Å². The molecule has 1 aliphatic carbocycles. The van der Waals surface area contributed by atoms with Crippen LogP contribution < -0.4 is 0 Å². The highest BCUT2D eigenvalue weighted by Gasteiger charge is 2.29. The SMILES string of the molecule is CN(CC1CC1)C(=O)c1cc(F)cc([N+](=O)[O-])c1F. The summed E-state index contributed by atoms with van der Waals surface area (Å²) in [5.74, 6) is -2.65. The molecule has 0 aliphatic heterocycles. The number of hydrogen-bond donors (Lipinski definition) is 0. The van der Waals surface area contributed by atoms with Crippen molar-refractivity contribution < 1.29 is 18.5 Å². The number of rotatable bonds is 4. The minimum atomic E-state index is -1.29. The maximum atomic E-state index is 13.8. The summed E-state index contributed by atoms with van der Waals surface area (Å²) >= 11 is 0. The Morgan fingerprint density at radius 1 is 1.47 bits per heavy atom. The summed E-state index contributed by atoms with van der Waals surface area (Å²) in [5.41, 5.74) is -1.63. The summed E-state index contributed by atoms with van der Waals surface area (Å²) < 4.78 is 27.0. The van der Waals surface area contributed by atoms with Gasteiger partial charge in [-0.05, 0) is 24.8 Å². The minimum absolute atomic E-state index is 0.389. The molecule has 0 atom stereocenters. The summed E-state index contributed by atoms with van der Waals surface area (Å²) in [7, 11) is 1.47. The second-order valence-corrected chi connectivity index (χ2v) is 4.67. The van der Waals surface area contributed by atoms with Crippen molar-refractivity contribution in [2.24, 2.45) is 5.92 Å². The number of nitro groups is 1. The van der Waals surface area contributed by atoms with Crippen LogP contribution >= 0.6 is 0 Å². The smallest absolute Gasteiger partial charge is 0.308 e. The normalized spacial score (nSPS) is 14.3. The van der Waals surface area contributed by atoms with E-state index in [1.54, 1.807) is 0 Å². The van der Waals surface area contributed by atoms with E-state index in [4.69, 9.17) is 0 Å². The Balaban J connectivity index is 2.32. The van der Waals surface area contributed by atoms with Crippen LogP contribution in [0.5, 0.6) is 0 Å². The Kier molecular flexibility index (Phi) is 3.46. The van der Waals surface area contributed by atoms with Crippen LogP contribution in [-0.2, 0) is 0 Å².